The molecule has 13 rings (SSSR count). The quantitative estimate of drug-likeness (QED) is 0.137. The minimum Gasteiger partial charge on any atom is -0.307 e. The van der Waals surface area contributed by atoms with Crippen molar-refractivity contribution < 1.29 is 0 Å². The minimum atomic E-state index is 0.00825. The van der Waals surface area contributed by atoms with Crippen molar-refractivity contribution in [2.45, 2.75) is 12.3 Å². The Kier molecular flexibility index (Phi) is 11.3. The molecule has 0 aliphatic heterocycles. The first-order valence-corrected chi connectivity index (χ1v) is 25.0. The van der Waals surface area contributed by atoms with E-state index in [2.05, 4.69) is 259 Å². The topological polar surface area (TPSA) is 43.6 Å². The summed E-state index contributed by atoms with van der Waals surface area (Å²) >= 11 is 0. The molecule has 1 aliphatic carbocycles. The second-order valence-electron chi connectivity index (χ2n) is 18.6. The molecular formula is C69H48N4. The first-order chi connectivity index (χ1) is 36.2. The van der Waals surface area contributed by atoms with Crippen molar-refractivity contribution in [1.29, 1.82) is 0 Å². The van der Waals surface area contributed by atoms with Crippen molar-refractivity contribution in [3.05, 3.63) is 279 Å². The summed E-state index contributed by atoms with van der Waals surface area (Å²) < 4.78 is 2.58. The fourth-order valence-corrected chi connectivity index (χ4v) is 10.6. The van der Waals surface area contributed by atoms with E-state index in [-0.39, 0.29) is 5.92 Å². The maximum absolute atomic E-state index is 5.42. The van der Waals surface area contributed by atoms with Gasteiger partial charge in [0, 0.05) is 50.1 Å². The predicted molar refractivity (Wildman–Crippen MR) is 303 cm³/mol. The van der Waals surface area contributed by atoms with Gasteiger partial charge in [0.05, 0.1) is 16.7 Å². The molecule has 0 amide bonds. The van der Waals surface area contributed by atoms with Crippen molar-refractivity contribution >= 4 is 21.8 Å². The summed E-state index contributed by atoms with van der Waals surface area (Å²) in [6.07, 6.45) is 9.40. The van der Waals surface area contributed by atoms with Gasteiger partial charge in [-0.15, -0.1) is 0 Å². The highest BCUT2D eigenvalue weighted by Crippen LogP contribution is 2.48. The Morgan fingerprint density at radius 3 is 1.14 bits per heavy atom. The summed E-state index contributed by atoms with van der Waals surface area (Å²) in [6, 6.07) is 89.5. The van der Waals surface area contributed by atoms with Gasteiger partial charge in [0.25, 0.3) is 0 Å². The minimum absolute atomic E-state index is 0.00825. The van der Waals surface area contributed by atoms with Crippen LogP contribution < -0.4 is 0 Å². The summed E-state index contributed by atoms with van der Waals surface area (Å²) in [5, 5.41) is 2.36. The van der Waals surface area contributed by atoms with Gasteiger partial charge in [0.15, 0.2) is 11.6 Å². The smallest absolute Gasteiger partial charge is 0.163 e. The third-order valence-electron chi connectivity index (χ3n) is 14.2. The molecule has 0 radical (unpaired) electrons. The molecular weight excluding hydrogens is 885 g/mol. The zero-order chi connectivity index (χ0) is 48.5. The zero-order valence-electron chi connectivity index (χ0n) is 40.1. The van der Waals surface area contributed by atoms with Gasteiger partial charge in [0.1, 0.15) is 5.82 Å². The second kappa shape index (κ2) is 19.0. The molecule has 0 bridgehead atoms. The number of benzene rings is 10. The maximum Gasteiger partial charge on any atom is 0.163 e. The molecule has 0 fully saturated rings. The Morgan fingerprint density at radius 1 is 0.315 bits per heavy atom. The number of hydrogen-bond acceptors (Lipinski definition) is 3. The number of hydrogen-bond donors (Lipinski definition) is 0. The largest absolute Gasteiger partial charge is 0.307 e. The first-order valence-electron chi connectivity index (χ1n) is 25.0. The molecule has 1 atom stereocenters. The molecule has 10 aromatic carbocycles. The van der Waals surface area contributed by atoms with Crippen LogP contribution in [0.25, 0.3) is 117 Å². The Bertz CT molecular complexity index is 3790. The Morgan fingerprint density at radius 2 is 0.699 bits per heavy atom. The Hall–Kier alpha value is -9.51. The summed E-state index contributed by atoms with van der Waals surface area (Å²) in [6.45, 7) is 0. The molecule has 344 valence electrons. The lowest BCUT2D eigenvalue weighted by Crippen LogP contribution is -2.08. The SMILES string of the molecule is C1=CCC(c2nc(-c3ccccc3)nc(-c3cc(-c4ccc(-c5ccccc5)cc4)c(-n4c5c(-c6ccccc6)cccc5c5cccc(-c6ccccc6)c54)c(-c4ccc(-c5ccccc5)cc4)c3)n2)C=C1. The molecule has 4 nitrogen and oxygen atoms in total. The van der Waals surface area contributed by atoms with E-state index in [1.54, 1.807) is 0 Å². The molecule has 0 saturated carbocycles. The van der Waals surface area contributed by atoms with Crippen LogP contribution in [0, 0.1) is 0 Å². The molecule has 1 aliphatic rings. The average molecular weight is 933 g/mol. The van der Waals surface area contributed by atoms with Gasteiger partial charge in [-0.05, 0) is 63.1 Å². The van der Waals surface area contributed by atoms with E-state index in [1.807, 2.05) is 18.2 Å². The predicted octanol–water partition coefficient (Wildman–Crippen LogP) is 17.9. The van der Waals surface area contributed by atoms with Crippen molar-refractivity contribution in [1.82, 2.24) is 19.5 Å². The highest BCUT2D eigenvalue weighted by Gasteiger charge is 2.27. The molecule has 1 unspecified atom stereocenters. The molecule has 0 spiro atoms. The summed E-state index contributed by atoms with van der Waals surface area (Å²) in [4.78, 5) is 16.0. The lowest BCUT2D eigenvalue weighted by Gasteiger charge is -2.23. The number of aromatic nitrogens is 4. The van der Waals surface area contributed by atoms with Gasteiger partial charge in [-0.1, -0.05) is 261 Å². The van der Waals surface area contributed by atoms with E-state index in [9.17, 15) is 0 Å². The number of allylic oxidation sites excluding steroid dienone is 4. The van der Waals surface area contributed by atoms with Gasteiger partial charge >= 0.3 is 0 Å². The molecule has 4 heteroatoms. The van der Waals surface area contributed by atoms with E-state index in [1.165, 1.54) is 21.9 Å². The molecule has 12 aromatic rings. The highest BCUT2D eigenvalue weighted by molar-refractivity contribution is 6.18. The standard InChI is InChI=1S/C69H48N4/c1-7-21-47(22-8-1)49-37-41-53(42-38-49)62-45-57(69-71-67(55-29-15-5-16-30-55)70-68(72-69)56-31-17-6-18-32-56)46-63(54-43-39-50(40-44-54)48-23-9-2-10-24-48)66(62)73-64-58(51-25-11-3-12-26-51)33-19-35-60(64)61-36-20-34-59(65(61)73)52-27-13-4-14-28-52/h1-31,33-46,56H,32H2. The van der Waals surface area contributed by atoms with Gasteiger partial charge in [0.2, 0.25) is 0 Å². The van der Waals surface area contributed by atoms with Crippen molar-refractivity contribution in [2.75, 3.05) is 0 Å². The molecule has 2 heterocycles. The van der Waals surface area contributed by atoms with Gasteiger partial charge in [-0.2, -0.15) is 0 Å². The van der Waals surface area contributed by atoms with Crippen LogP contribution in [0.4, 0.5) is 0 Å². The van der Waals surface area contributed by atoms with Crippen LogP contribution in [0.1, 0.15) is 18.2 Å². The lowest BCUT2D eigenvalue weighted by atomic mass is 9.90. The van der Waals surface area contributed by atoms with E-state index in [0.717, 1.165) is 95.7 Å². The normalized spacial score (nSPS) is 13.2. The van der Waals surface area contributed by atoms with Crippen molar-refractivity contribution in [3.63, 3.8) is 0 Å². The van der Waals surface area contributed by atoms with E-state index in [4.69, 9.17) is 15.0 Å². The number of nitrogens with zero attached hydrogens (tertiary/aromatic N) is 4. The van der Waals surface area contributed by atoms with Crippen LogP contribution >= 0.6 is 0 Å². The molecule has 0 N–H and O–H groups in total. The second-order valence-corrected chi connectivity index (χ2v) is 18.6. The molecule has 73 heavy (non-hydrogen) atoms. The van der Waals surface area contributed by atoms with Crippen molar-refractivity contribution in [2.24, 2.45) is 0 Å². The van der Waals surface area contributed by atoms with Crippen LogP contribution in [-0.2, 0) is 0 Å². The molecule has 2 aromatic heterocycles. The number of para-hydroxylation sites is 2. The third-order valence-corrected chi connectivity index (χ3v) is 14.2. The average Bonchev–Trinajstić information content (AvgIpc) is 3.82. The van der Waals surface area contributed by atoms with Crippen LogP contribution in [-0.4, -0.2) is 19.5 Å². The fraction of sp³-hybridized carbons (Fsp3) is 0.0290. The molecule has 0 saturated heterocycles. The Labute approximate surface area is 425 Å². The van der Waals surface area contributed by atoms with E-state index >= 15 is 0 Å². The van der Waals surface area contributed by atoms with Crippen LogP contribution in [0.2, 0.25) is 0 Å². The van der Waals surface area contributed by atoms with Crippen LogP contribution in [0.5, 0.6) is 0 Å². The monoisotopic (exact) mass is 932 g/mol. The van der Waals surface area contributed by atoms with Gasteiger partial charge < -0.3 is 4.57 Å². The Balaban J connectivity index is 1.18. The van der Waals surface area contributed by atoms with Crippen LogP contribution in [0.3, 0.4) is 0 Å². The summed E-state index contributed by atoms with van der Waals surface area (Å²) in [5.74, 6) is 2.03. The summed E-state index contributed by atoms with van der Waals surface area (Å²) in [5.41, 5.74) is 18.7. The van der Waals surface area contributed by atoms with E-state index in [0.29, 0.717) is 11.6 Å². The highest BCUT2D eigenvalue weighted by atomic mass is 15.0. The fourth-order valence-electron chi connectivity index (χ4n) is 10.6. The van der Waals surface area contributed by atoms with Crippen LogP contribution in [0.15, 0.2) is 273 Å². The first kappa shape index (κ1) is 43.5. The van der Waals surface area contributed by atoms with E-state index < -0.39 is 0 Å². The van der Waals surface area contributed by atoms with Gasteiger partial charge in [-0.3, -0.25) is 0 Å². The maximum atomic E-state index is 5.42. The zero-order valence-corrected chi connectivity index (χ0v) is 40.1. The van der Waals surface area contributed by atoms with Crippen molar-refractivity contribution in [3.8, 4) is 95.2 Å². The number of rotatable bonds is 10. The van der Waals surface area contributed by atoms with Gasteiger partial charge in [-0.25, -0.2) is 15.0 Å². The number of fused-ring (bicyclic) bond motifs is 3. The third kappa shape index (κ3) is 8.25. The lowest BCUT2D eigenvalue weighted by molar-refractivity contribution is 0.764. The summed E-state index contributed by atoms with van der Waals surface area (Å²) in [7, 11) is 0.